The lowest BCUT2D eigenvalue weighted by atomic mass is 10.3. The molecule has 2 rings (SSSR count). The van der Waals surface area contributed by atoms with Crippen LogP contribution in [0.25, 0.3) is 0 Å². The maximum absolute atomic E-state index is 5.55. The van der Waals surface area contributed by atoms with Crippen LogP contribution in [-0.4, -0.2) is 13.2 Å². The fraction of sp³-hybridized carbons (Fsp3) is 0.667. The Kier molecular flexibility index (Phi) is 3.80. The maximum atomic E-state index is 5.55. The zero-order chi connectivity index (χ0) is 10.5. The largest absolute Gasteiger partial charge is 0.467 e. The summed E-state index contributed by atoms with van der Waals surface area (Å²) in [5, 5.41) is 3.26. The van der Waals surface area contributed by atoms with Crippen molar-refractivity contribution in [1.29, 1.82) is 0 Å². The Hall–Kier alpha value is -0.800. The highest BCUT2D eigenvalue weighted by atomic mass is 16.5. The molecule has 1 heterocycles. The van der Waals surface area contributed by atoms with E-state index in [1.165, 1.54) is 18.4 Å². The van der Waals surface area contributed by atoms with E-state index in [0.717, 1.165) is 31.4 Å². The van der Waals surface area contributed by atoms with Crippen molar-refractivity contribution in [1.82, 2.24) is 5.32 Å². The zero-order valence-electron chi connectivity index (χ0n) is 9.29. The average molecular weight is 209 g/mol. The molecule has 15 heavy (non-hydrogen) atoms. The Balaban J connectivity index is 1.68. The molecule has 0 spiro atoms. The molecule has 0 radical (unpaired) electrons. The van der Waals surface area contributed by atoms with Crippen LogP contribution in [-0.2, 0) is 17.9 Å². The smallest absolute Gasteiger partial charge is 0.129 e. The molecule has 1 aromatic heterocycles. The van der Waals surface area contributed by atoms with Crippen LogP contribution in [0.3, 0.4) is 0 Å². The fourth-order valence-corrected chi connectivity index (χ4v) is 1.47. The van der Waals surface area contributed by atoms with Crippen molar-refractivity contribution < 1.29 is 9.15 Å². The fourth-order valence-electron chi connectivity index (χ4n) is 1.47. The first kappa shape index (κ1) is 10.7. The summed E-state index contributed by atoms with van der Waals surface area (Å²) in [6.45, 7) is 5.47. The van der Waals surface area contributed by atoms with E-state index >= 15 is 0 Å². The second-order valence-corrected chi connectivity index (χ2v) is 4.16. The molecule has 84 valence electrons. The molecule has 0 unspecified atom stereocenters. The Morgan fingerprint density at radius 1 is 1.53 bits per heavy atom. The molecule has 0 aromatic carbocycles. The number of rotatable bonds is 7. The minimum absolute atomic E-state index is 0.614. The average Bonchev–Trinajstić information content (AvgIpc) is 2.95. The molecule has 1 N–H and O–H groups in total. The van der Waals surface area contributed by atoms with Crippen LogP contribution in [0, 0.1) is 5.92 Å². The van der Waals surface area contributed by atoms with Crippen molar-refractivity contribution in [3.05, 3.63) is 23.7 Å². The van der Waals surface area contributed by atoms with Gasteiger partial charge < -0.3 is 14.5 Å². The Bertz CT molecular complexity index is 292. The summed E-state index contributed by atoms with van der Waals surface area (Å²) >= 11 is 0. The molecule has 0 aliphatic heterocycles. The molecule has 0 amide bonds. The summed E-state index contributed by atoms with van der Waals surface area (Å²) in [5.74, 6) is 1.75. The lowest BCUT2D eigenvalue weighted by molar-refractivity contribution is 0.0973. The van der Waals surface area contributed by atoms with Crippen molar-refractivity contribution in [2.24, 2.45) is 5.92 Å². The first-order valence-corrected chi connectivity index (χ1v) is 5.73. The third kappa shape index (κ3) is 3.68. The van der Waals surface area contributed by atoms with Gasteiger partial charge in [0.15, 0.2) is 0 Å². The van der Waals surface area contributed by atoms with Gasteiger partial charge in [0.25, 0.3) is 0 Å². The lowest BCUT2D eigenvalue weighted by Crippen LogP contribution is -2.10. The Labute approximate surface area is 90.8 Å². The highest BCUT2D eigenvalue weighted by Crippen LogP contribution is 2.29. The maximum Gasteiger partial charge on any atom is 0.129 e. The summed E-state index contributed by atoms with van der Waals surface area (Å²) in [6.07, 6.45) is 4.48. The van der Waals surface area contributed by atoms with Gasteiger partial charge in [0.1, 0.15) is 12.4 Å². The Morgan fingerprint density at radius 3 is 3.13 bits per heavy atom. The molecule has 1 aromatic rings. The monoisotopic (exact) mass is 209 g/mol. The van der Waals surface area contributed by atoms with Crippen LogP contribution < -0.4 is 5.32 Å². The molecule has 3 nitrogen and oxygen atoms in total. The predicted octanol–water partition coefficient (Wildman–Crippen LogP) is 2.32. The zero-order valence-corrected chi connectivity index (χ0v) is 9.29. The van der Waals surface area contributed by atoms with Gasteiger partial charge in [0, 0.05) is 18.7 Å². The number of nitrogens with one attached hydrogen (secondary N) is 1. The predicted molar refractivity (Wildman–Crippen MR) is 58.5 cm³/mol. The van der Waals surface area contributed by atoms with Crippen molar-refractivity contribution in [2.45, 2.75) is 32.9 Å². The van der Waals surface area contributed by atoms with Gasteiger partial charge in [0.05, 0.1) is 6.26 Å². The number of hydrogen-bond acceptors (Lipinski definition) is 3. The van der Waals surface area contributed by atoms with E-state index in [0.29, 0.717) is 6.61 Å². The molecule has 0 saturated heterocycles. The van der Waals surface area contributed by atoms with Gasteiger partial charge in [-0.25, -0.2) is 0 Å². The van der Waals surface area contributed by atoms with E-state index in [1.54, 1.807) is 6.26 Å². The van der Waals surface area contributed by atoms with Crippen molar-refractivity contribution >= 4 is 0 Å². The van der Waals surface area contributed by atoms with E-state index in [9.17, 15) is 0 Å². The third-order valence-electron chi connectivity index (χ3n) is 2.58. The van der Waals surface area contributed by atoms with Gasteiger partial charge in [-0.05, 0) is 31.4 Å². The van der Waals surface area contributed by atoms with Crippen molar-refractivity contribution in [2.75, 3.05) is 13.2 Å². The van der Waals surface area contributed by atoms with Crippen LogP contribution in [0.5, 0.6) is 0 Å². The van der Waals surface area contributed by atoms with Crippen LogP contribution >= 0.6 is 0 Å². The molecule has 1 saturated carbocycles. The number of ether oxygens (including phenoxy) is 1. The molecule has 0 bridgehead atoms. The second kappa shape index (κ2) is 5.33. The molecule has 1 aliphatic rings. The minimum Gasteiger partial charge on any atom is -0.467 e. The van der Waals surface area contributed by atoms with Gasteiger partial charge in [-0.3, -0.25) is 0 Å². The van der Waals surface area contributed by atoms with Crippen LogP contribution in [0.15, 0.2) is 16.7 Å². The Morgan fingerprint density at radius 2 is 2.40 bits per heavy atom. The normalized spacial score (nSPS) is 15.8. The topological polar surface area (TPSA) is 34.4 Å². The van der Waals surface area contributed by atoms with E-state index in [2.05, 4.69) is 18.3 Å². The van der Waals surface area contributed by atoms with E-state index < -0.39 is 0 Å². The summed E-state index contributed by atoms with van der Waals surface area (Å²) in [7, 11) is 0. The molecule has 1 aliphatic carbocycles. The van der Waals surface area contributed by atoms with E-state index in [4.69, 9.17) is 9.15 Å². The van der Waals surface area contributed by atoms with Gasteiger partial charge in [-0.2, -0.15) is 0 Å². The third-order valence-corrected chi connectivity index (χ3v) is 2.58. The standard InChI is InChI=1S/C12H19NO2/c1-2-13-6-11-5-12(15-8-11)9-14-7-10-3-4-10/h5,8,10,13H,2-4,6-7,9H2,1H3. The first-order valence-electron chi connectivity index (χ1n) is 5.73. The van der Waals surface area contributed by atoms with Crippen molar-refractivity contribution in [3.63, 3.8) is 0 Å². The SMILES string of the molecule is CCNCc1coc(COCC2CC2)c1. The summed E-state index contributed by atoms with van der Waals surface area (Å²) in [6, 6.07) is 2.07. The number of furan rings is 1. The summed E-state index contributed by atoms with van der Waals surface area (Å²) in [4.78, 5) is 0. The minimum atomic E-state index is 0.614. The summed E-state index contributed by atoms with van der Waals surface area (Å²) < 4.78 is 10.9. The van der Waals surface area contributed by atoms with Gasteiger partial charge in [-0.15, -0.1) is 0 Å². The molecular weight excluding hydrogens is 190 g/mol. The summed E-state index contributed by atoms with van der Waals surface area (Å²) in [5.41, 5.74) is 1.20. The molecule has 1 fully saturated rings. The lowest BCUT2D eigenvalue weighted by Gasteiger charge is -1.98. The molecule has 3 heteroatoms. The first-order chi connectivity index (χ1) is 7.38. The van der Waals surface area contributed by atoms with Gasteiger partial charge >= 0.3 is 0 Å². The van der Waals surface area contributed by atoms with Crippen LogP contribution in [0.1, 0.15) is 31.1 Å². The van der Waals surface area contributed by atoms with Crippen LogP contribution in [0.4, 0.5) is 0 Å². The van der Waals surface area contributed by atoms with Gasteiger partial charge in [0.2, 0.25) is 0 Å². The number of hydrogen-bond donors (Lipinski definition) is 1. The molecular formula is C12H19NO2. The molecule has 0 atom stereocenters. The van der Waals surface area contributed by atoms with E-state index in [1.807, 2.05) is 0 Å². The van der Waals surface area contributed by atoms with Crippen LogP contribution in [0.2, 0.25) is 0 Å². The van der Waals surface area contributed by atoms with Crippen molar-refractivity contribution in [3.8, 4) is 0 Å². The van der Waals surface area contributed by atoms with Gasteiger partial charge in [-0.1, -0.05) is 6.92 Å². The quantitative estimate of drug-likeness (QED) is 0.748. The van der Waals surface area contributed by atoms with E-state index in [-0.39, 0.29) is 0 Å². The second-order valence-electron chi connectivity index (χ2n) is 4.16. The highest BCUT2D eigenvalue weighted by molar-refractivity contribution is 5.11. The highest BCUT2D eigenvalue weighted by Gasteiger charge is 2.21.